The Morgan fingerprint density at radius 3 is 2.48 bits per heavy atom. The molecule has 3 aromatic rings. The molecule has 3 heterocycles. The first-order valence-corrected chi connectivity index (χ1v) is 10.4. The van der Waals surface area contributed by atoms with E-state index in [1.54, 1.807) is 35.4 Å². The summed E-state index contributed by atoms with van der Waals surface area (Å²) in [5.41, 5.74) is 3.09. The maximum atomic E-state index is 13.5. The van der Waals surface area contributed by atoms with E-state index in [1.807, 2.05) is 38.4 Å². The van der Waals surface area contributed by atoms with Gasteiger partial charge in [0.15, 0.2) is 4.80 Å². The molecule has 0 fully saturated rings. The molecule has 8 nitrogen and oxygen atoms in total. The highest BCUT2D eigenvalue weighted by molar-refractivity contribution is 7.07. The van der Waals surface area contributed by atoms with Crippen LogP contribution in [-0.2, 0) is 16.6 Å². The van der Waals surface area contributed by atoms with Crippen molar-refractivity contribution in [2.75, 3.05) is 14.2 Å². The van der Waals surface area contributed by atoms with Gasteiger partial charge < -0.3 is 9.47 Å². The standard InChI is InChI=1S/C22H22N4O4S/c1-12-15(11-25(3)24-12)10-17-20(27)26-19(14-6-8-16(29-4)9-7-14)18(21(28)30-5)13(2)23-22(26)31-17/h6-11,19H,1-5H3. The van der Waals surface area contributed by atoms with Gasteiger partial charge in [-0.25, -0.2) is 9.79 Å². The van der Waals surface area contributed by atoms with E-state index in [1.165, 1.54) is 18.4 Å². The van der Waals surface area contributed by atoms with Crippen molar-refractivity contribution in [2.24, 2.45) is 12.0 Å². The molecular weight excluding hydrogens is 416 g/mol. The highest BCUT2D eigenvalue weighted by Gasteiger charge is 2.33. The largest absolute Gasteiger partial charge is 0.497 e. The lowest BCUT2D eigenvalue weighted by Gasteiger charge is -2.24. The van der Waals surface area contributed by atoms with Crippen molar-refractivity contribution in [1.82, 2.24) is 14.3 Å². The molecule has 1 aliphatic rings. The lowest BCUT2D eigenvalue weighted by Crippen LogP contribution is -2.39. The number of aryl methyl sites for hydroxylation is 2. The summed E-state index contributed by atoms with van der Waals surface area (Å²) in [5, 5.41) is 4.33. The van der Waals surface area contributed by atoms with Gasteiger partial charge in [0.2, 0.25) is 0 Å². The van der Waals surface area contributed by atoms with Gasteiger partial charge in [0.25, 0.3) is 5.56 Å². The molecule has 1 atom stereocenters. The Morgan fingerprint density at radius 2 is 1.90 bits per heavy atom. The molecule has 0 saturated heterocycles. The zero-order valence-electron chi connectivity index (χ0n) is 17.9. The Morgan fingerprint density at radius 1 is 1.19 bits per heavy atom. The van der Waals surface area contributed by atoms with Crippen LogP contribution in [0.15, 0.2) is 51.5 Å². The number of nitrogens with zero attached hydrogens (tertiary/aromatic N) is 4. The third kappa shape index (κ3) is 3.61. The number of thiazole rings is 1. The Hall–Kier alpha value is -3.46. The van der Waals surface area contributed by atoms with Crippen LogP contribution in [0.3, 0.4) is 0 Å². The van der Waals surface area contributed by atoms with Crippen LogP contribution in [0.1, 0.15) is 29.8 Å². The topological polar surface area (TPSA) is 87.7 Å². The summed E-state index contributed by atoms with van der Waals surface area (Å²) < 4.78 is 14.1. The maximum Gasteiger partial charge on any atom is 0.338 e. The van der Waals surface area contributed by atoms with E-state index in [2.05, 4.69) is 10.1 Å². The number of carbonyl (C=O) groups excluding carboxylic acids is 1. The first-order valence-electron chi connectivity index (χ1n) is 9.59. The van der Waals surface area contributed by atoms with Crippen molar-refractivity contribution < 1.29 is 14.3 Å². The summed E-state index contributed by atoms with van der Waals surface area (Å²) in [5.74, 6) is 0.169. The fourth-order valence-electron chi connectivity index (χ4n) is 3.70. The average molecular weight is 439 g/mol. The number of hydrogen-bond donors (Lipinski definition) is 0. The van der Waals surface area contributed by atoms with Crippen molar-refractivity contribution in [1.29, 1.82) is 0 Å². The summed E-state index contributed by atoms with van der Waals surface area (Å²) in [6.07, 6.45) is 3.67. The summed E-state index contributed by atoms with van der Waals surface area (Å²) in [4.78, 5) is 31.2. The number of methoxy groups -OCH3 is 2. The van der Waals surface area contributed by atoms with E-state index < -0.39 is 12.0 Å². The Labute approximate surface area is 182 Å². The molecule has 2 aromatic heterocycles. The average Bonchev–Trinajstić information content (AvgIpc) is 3.24. The van der Waals surface area contributed by atoms with Crippen LogP contribution in [0.4, 0.5) is 0 Å². The van der Waals surface area contributed by atoms with Gasteiger partial charge in [-0.1, -0.05) is 23.5 Å². The third-order valence-electron chi connectivity index (χ3n) is 5.20. The monoisotopic (exact) mass is 438 g/mol. The van der Waals surface area contributed by atoms with Crippen LogP contribution in [0, 0.1) is 6.92 Å². The molecule has 0 bridgehead atoms. The molecule has 0 spiro atoms. The second-order valence-corrected chi connectivity index (χ2v) is 8.20. The number of ether oxygens (including phenoxy) is 2. The molecule has 4 rings (SSSR count). The highest BCUT2D eigenvalue weighted by Crippen LogP contribution is 2.31. The van der Waals surface area contributed by atoms with E-state index in [4.69, 9.17) is 9.47 Å². The van der Waals surface area contributed by atoms with Crippen molar-refractivity contribution in [3.63, 3.8) is 0 Å². The van der Waals surface area contributed by atoms with Gasteiger partial charge >= 0.3 is 5.97 Å². The number of aromatic nitrogens is 3. The fourth-order valence-corrected chi connectivity index (χ4v) is 4.73. The molecule has 0 aliphatic carbocycles. The van der Waals surface area contributed by atoms with Gasteiger partial charge in [0, 0.05) is 18.8 Å². The van der Waals surface area contributed by atoms with E-state index >= 15 is 0 Å². The molecule has 31 heavy (non-hydrogen) atoms. The molecule has 1 unspecified atom stereocenters. The number of esters is 1. The predicted octanol–water partition coefficient (Wildman–Crippen LogP) is 1.46. The molecular formula is C22H22N4O4S. The number of allylic oxidation sites excluding steroid dienone is 1. The molecule has 0 radical (unpaired) electrons. The zero-order valence-corrected chi connectivity index (χ0v) is 18.7. The first kappa shape index (κ1) is 20.8. The van der Waals surface area contributed by atoms with Crippen LogP contribution >= 0.6 is 11.3 Å². The van der Waals surface area contributed by atoms with Crippen LogP contribution < -0.4 is 19.6 Å². The summed E-state index contributed by atoms with van der Waals surface area (Å²) in [6, 6.07) is 6.64. The molecule has 0 N–H and O–H groups in total. The van der Waals surface area contributed by atoms with Crippen molar-refractivity contribution >= 4 is 23.4 Å². The SMILES string of the molecule is COC(=O)C1=C(C)N=c2sc(=Cc3cn(C)nc3C)c(=O)n2C1c1ccc(OC)cc1. The van der Waals surface area contributed by atoms with Crippen molar-refractivity contribution in [3.8, 4) is 5.75 Å². The minimum atomic E-state index is -0.647. The van der Waals surface area contributed by atoms with Crippen LogP contribution in [0.2, 0.25) is 0 Å². The highest BCUT2D eigenvalue weighted by atomic mass is 32.1. The normalized spacial score (nSPS) is 16.2. The number of benzene rings is 1. The lowest BCUT2D eigenvalue weighted by atomic mass is 9.96. The van der Waals surface area contributed by atoms with Crippen molar-refractivity contribution in [3.05, 3.63) is 78.2 Å². The van der Waals surface area contributed by atoms with Crippen molar-refractivity contribution in [2.45, 2.75) is 19.9 Å². The second-order valence-electron chi connectivity index (χ2n) is 7.19. The van der Waals surface area contributed by atoms with Crippen LogP contribution in [-0.4, -0.2) is 34.5 Å². The minimum absolute atomic E-state index is 0.221. The zero-order chi connectivity index (χ0) is 22.3. The second kappa shape index (κ2) is 7.99. The van der Waals surface area contributed by atoms with Gasteiger partial charge in [-0.05, 0) is 37.6 Å². The summed E-state index contributed by atoms with van der Waals surface area (Å²) in [7, 11) is 4.74. The lowest BCUT2D eigenvalue weighted by molar-refractivity contribution is -0.136. The first-order chi connectivity index (χ1) is 14.8. The van der Waals surface area contributed by atoms with E-state index in [0.29, 0.717) is 26.4 Å². The summed E-state index contributed by atoms with van der Waals surface area (Å²) >= 11 is 1.29. The van der Waals surface area contributed by atoms with E-state index in [-0.39, 0.29) is 5.56 Å². The number of fused-ring (bicyclic) bond motifs is 1. The van der Waals surface area contributed by atoms with Gasteiger partial charge in [0.05, 0.1) is 41.8 Å². The molecule has 1 aromatic carbocycles. The van der Waals surface area contributed by atoms with Gasteiger partial charge in [0.1, 0.15) is 5.75 Å². The molecule has 0 saturated carbocycles. The third-order valence-corrected chi connectivity index (χ3v) is 6.18. The fraction of sp³-hybridized carbons (Fsp3) is 0.273. The van der Waals surface area contributed by atoms with Gasteiger partial charge in [-0.3, -0.25) is 14.0 Å². The Bertz CT molecular complexity index is 1380. The minimum Gasteiger partial charge on any atom is -0.497 e. The molecule has 160 valence electrons. The quantitative estimate of drug-likeness (QED) is 0.576. The van der Waals surface area contributed by atoms with E-state index in [9.17, 15) is 9.59 Å². The molecule has 9 heteroatoms. The molecule has 0 amide bonds. The smallest absolute Gasteiger partial charge is 0.338 e. The number of hydrogen-bond acceptors (Lipinski definition) is 7. The van der Waals surface area contributed by atoms with E-state index in [0.717, 1.165) is 16.8 Å². The number of rotatable bonds is 4. The molecule has 1 aliphatic heterocycles. The van der Waals surface area contributed by atoms with Crippen LogP contribution in [0.25, 0.3) is 6.08 Å². The summed E-state index contributed by atoms with van der Waals surface area (Å²) in [6.45, 7) is 3.65. The maximum absolute atomic E-state index is 13.5. The predicted molar refractivity (Wildman–Crippen MR) is 117 cm³/mol. The van der Waals surface area contributed by atoms with Gasteiger partial charge in [-0.15, -0.1) is 0 Å². The Balaban J connectivity index is 1.97. The van der Waals surface area contributed by atoms with Crippen LogP contribution in [0.5, 0.6) is 5.75 Å². The Kier molecular flexibility index (Phi) is 5.36. The number of carbonyl (C=O) groups is 1. The van der Waals surface area contributed by atoms with Gasteiger partial charge in [-0.2, -0.15) is 5.10 Å².